The van der Waals surface area contributed by atoms with Crippen LogP contribution < -0.4 is 0 Å². The average Bonchev–Trinajstić information content (AvgIpc) is 2.53. The third-order valence-electron chi connectivity index (χ3n) is 3.89. The van der Waals surface area contributed by atoms with Gasteiger partial charge in [0.25, 0.3) is 0 Å². The maximum atomic E-state index is 12.2. The summed E-state index contributed by atoms with van der Waals surface area (Å²) in [6, 6.07) is 18.5. The molecule has 3 aromatic carbocycles. The van der Waals surface area contributed by atoms with Crippen molar-refractivity contribution in [1.29, 1.82) is 0 Å². The highest BCUT2D eigenvalue weighted by Gasteiger charge is 2.20. The first-order valence-electron chi connectivity index (χ1n) is 6.79. The summed E-state index contributed by atoms with van der Waals surface area (Å²) in [6.07, 6.45) is 3.54. The van der Waals surface area contributed by atoms with E-state index in [0.29, 0.717) is 0 Å². The highest BCUT2D eigenvalue weighted by atomic mass is 79.9. The highest BCUT2D eigenvalue weighted by Crippen LogP contribution is 2.39. The summed E-state index contributed by atoms with van der Waals surface area (Å²) in [7, 11) is 0. The van der Waals surface area contributed by atoms with Crippen molar-refractivity contribution in [1.82, 2.24) is 0 Å². The fourth-order valence-corrected chi connectivity index (χ4v) is 3.58. The number of ketones is 1. The molecule has 0 spiro atoms. The summed E-state index contributed by atoms with van der Waals surface area (Å²) in [5.74, 6) is 0.0604. The van der Waals surface area contributed by atoms with Crippen molar-refractivity contribution in [3.8, 4) is 11.1 Å². The van der Waals surface area contributed by atoms with E-state index in [1.165, 1.54) is 0 Å². The number of carbonyl (C=O) groups is 1. The number of hydrogen-bond donors (Lipinski definition) is 0. The highest BCUT2D eigenvalue weighted by molar-refractivity contribution is 9.10. The molecular weight excluding hydrogens is 324 g/mol. The maximum Gasteiger partial charge on any atom is 0.187 e. The van der Waals surface area contributed by atoms with Crippen LogP contribution in [-0.4, -0.2) is 5.78 Å². The number of hydrogen-bond acceptors (Lipinski definition) is 1. The van der Waals surface area contributed by atoms with Crippen LogP contribution in [0.5, 0.6) is 0 Å². The van der Waals surface area contributed by atoms with E-state index in [-0.39, 0.29) is 5.78 Å². The Kier molecular flexibility index (Phi) is 2.79. The number of benzene rings is 3. The zero-order chi connectivity index (χ0) is 14.4. The van der Waals surface area contributed by atoms with Crippen LogP contribution >= 0.6 is 15.9 Å². The van der Waals surface area contributed by atoms with Gasteiger partial charge in [0.15, 0.2) is 5.78 Å². The molecule has 1 aliphatic carbocycles. The molecule has 0 aromatic heterocycles. The Bertz CT molecular complexity index is 908. The first-order valence-corrected chi connectivity index (χ1v) is 7.58. The molecule has 0 saturated carbocycles. The minimum absolute atomic E-state index is 0.0604. The third-order valence-corrected chi connectivity index (χ3v) is 4.52. The van der Waals surface area contributed by atoms with Gasteiger partial charge in [0, 0.05) is 15.4 Å². The van der Waals surface area contributed by atoms with Crippen LogP contribution in [0, 0.1) is 0 Å². The summed E-state index contributed by atoms with van der Waals surface area (Å²) in [5, 5.41) is 2.16. The normalized spacial score (nSPS) is 12.9. The van der Waals surface area contributed by atoms with E-state index in [1.54, 1.807) is 6.08 Å². The monoisotopic (exact) mass is 334 g/mol. The lowest BCUT2D eigenvalue weighted by molar-refractivity contribution is 0.104. The summed E-state index contributed by atoms with van der Waals surface area (Å²) < 4.78 is 0.857. The van der Waals surface area contributed by atoms with Gasteiger partial charge in [-0.05, 0) is 50.1 Å². The third kappa shape index (κ3) is 1.87. The van der Waals surface area contributed by atoms with Gasteiger partial charge < -0.3 is 0 Å². The first-order chi connectivity index (χ1) is 10.3. The average molecular weight is 335 g/mol. The molecule has 3 aromatic rings. The van der Waals surface area contributed by atoms with Crippen molar-refractivity contribution >= 4 is 38.6 Å². The van der Waals surface area contributed by atoms with Gasteiger partial charge in [-0.3, -0.25) is 4.79 Å². The van der Waals surface area contributed by atoms with Gasteiger partial charge in [0.2, 0.25) is 0 Å². The molecule has 0 bridgehead atoms. The van der Waals surface area contributed by atoms with E-state index < -0.39 is 0 Å². The molecule has 0 unspecified atom stereocenters. The second-order valence-corrected chi connectivity index (χ2v) is 5.97. The molecule has 21 heavy (non-hydrogen) atoms. The van der Waals surface area contributed by atoms with Crippen LogP contribution in [0.25, 0.3) is 28.0 Å². The summed E-state index contributed by atoms with van der Waals surface area (Å²) in [4.78, 5) is 12.2. The Balaban J connectivity index is 2.18. The Morgan fingerprint density at radius 3 is 2.48 bits per heavy atom. The van der Waals surface area contributed by atoms with Crippen molar-refractivity contribution in [3.63, 3.8) is 0 Å². The number of halogens is 1. The van der Waals surface area contributed by atoms with Crippen LogP contribution in [0.1, 0.15) is 15.9 Å². The Morgan fingerprint density at radius 2 is 1.67 bits per heavy atom. The van der Waals surface area contributed by atoms with E-state index in [4.69, 9.17) is 0 Å². The SMILES string of the molecule is O=C1C=Cc2cccc3c(-c4ccccc4)cc(Br)c1c23. The Hall–Kier alpha value is -2.19. The quantitative estimate of drug-likeness (QED) is 0.576. The van der Waals surface area contributed by atoms with E-state index in [9.17, 15) is 4.79 Å². The van der Waals surface area contributed by atoms with Gasteiger partial charge in [0.05, 0.1) is 0 Å². The fraction of sp³-hybridized carbons (Fsp3) is 0. The lowest BCUT2D eigenvalue weighted by Gasteiger charge is -2.17. The van der Waals surface area contributed by atoms with E-state index >= 15 is 0 Å². The zero-order valence-corrected chi connectivity index (χ0v) is 12.7. The van der Waals surface area contributed by atoms with Gasteiger partial charge in [-0.1, -0.05) is 54.6 Å². The lowest BCUT2D eigenvalue weighted by Crippen LogP contribution is -2.03. The molecule has 0 amide bonds. The second-order valence-electron chi connectivity index (χ2n) is 5.11. The smallest absolute Gasteiger partial charge is 0.187 e. The molecule has 0 N–H and O–H groups in total. The van der Waals surface area contributed by atoms with Gasteiger partial charge in [-0.2, -0.15) is 0 Å². The van der Waals surface area contributed by atoms with Crippen LogP contribution in [0.15, 0.2) is 65.1 Å². The van der Waals surface area contributed by atoms with E-state index in [1.807, 2.05) is 36.4 Å². The minimum Gasteiger partial charge on any atom is -0.289 e. The van der Waals surface area contributed by atoms with Crippen LogP contribution in [0.4, 0.5) is 0 Å². The van der Waals surface area contributed by atoms with Gasteiger partial charge in [0.1, 0.15) is 0 Å². The molecule has 0 fully saturated rings. The van der Waals surface area contributed by atoms with Gasteiger partial charge >= 0.3 is 0 Å². The second kappa shape index (κ2) is 4.68. The Morgan fingerprint density at radius 1 is 0.857 bits per heavy atom. The standard InChI is InChI=1S/C19H11BrO/c20-16-11-15(12-5-2-1-3-6-12)14-8-4-7-13-9-10-17(21)19(16)18(13)14/h1-11H. The van der Waals surface area contributed by atoms with Crippen molar-refractivity contribution in [2.24, 2.45) is 0 Å². The maximum absolute atomic E-state index is 12.2. The number of rotatable bonds is 1. The largest absolute Gasteiger partial charge is 0.289 e. The molecule has 0 atom stereocenters. The molecule has 100 valence electrons. The predicted molar refractivity (Wildman–Crippen MR) is 90.4 cm³/mol. The van der Waals surface area contributed by atoms with Gasteiger partial charge in [-0.25, -0.2) is 0 Å². The minimum atomic E-state index is 0.0604. The Labute approximate surface area is 131 Å². The number of carbonyl (C=O) groups excluding carboxylic acids is 1. The molecule has 0 heterocycles. The van der Waals surface area contributed by atoms with E-state index in [0.717, 1.165) is 37.5 Å². The molecule has 4 rings (SSSR count). The summed E-state index contributed by atoms with van der Waals surface area (Å²) in [5.41, 5.74) is 4.17. The zero-order valence-electron chi connectivity index (χ0n) is 11.1. The number of allylic oxidation sites excluding steroid dienone is 1. The van der Waals surface area contributed by atoms with Gasteiger partial charge in [-0.15, -0.1) is 0 Å². The molecule has 0 saturated heterocycles. The van der Waals surface area contributed by atoms with Crippen LogP contribution in [0.3, 0.4) is 0 Å². The molecule has 1 nitrogen and oxygen atoms in total. The topological polar surface area (TPSA) is 17.1 Å². The van der Waals surface area contributed by atoms with E-state index in [2.05, 4.69) is 40.2 Å². The van der Waals surface area contributed by atoms with Crippen molar-refractivity contribution < 1.29 is 4.79 Å². The van der Waals surface area contributed by atoms with Crippen molar-refractivity contribution in [3.05, 3.63) is 76.3 Å². The van der Waals surface area contributed by atoms with Crippen molar-refractivity contribution in [2.75, 3.05) is 0 Å². The molecular formula is C19H11BrO. The summed E-state index contributed by atoms with van der Waals surface area (Å²) >= 11 is 3.58. The lowest BCUT2D eigenvalue weighted by atomic mass is 9.88. The van der Waals surface area contributed by atoms with Crippen LogP contribution in [0.2, 0.25) is 0 Å². The molecule has 0 aliphatic heterocycles. The first kappa shape index (κ1) is 12.5. The molecule has 0 radical (unpaired) electrons. The fourth-order valence-electron chi connectivity index (χ4n) is 2.95. The predicted octanol–water partition coefficient (Wildman–Crippen LogP) is 5.48. The molecule has 1 aliphatic rings. The summed E-state index contributed by atoms with van der Waals surface area (Å²) in [6.45, 7) is 0. The molecule has 2 heteroatoms. The van der Waals surface area contributed by atoms with Crippen molar-refractivity contribution in [2.45, 2.75) is 0 Å². The van der Waals surface area contributed by atoms with Crippen LogP contribution in [-0.2, 0) is 0 Å².